The summed E-state index contributed by atoms with van der Waals surface area (Å²) in [4.78, 5) is 11.2. The summed E-state index contributed by atoms with van der Waals surface area (Å²) in [6.07, 6.45) is 5.21. The quantitative estimate of drug-likeness (QED) is 0.577. The molecule has 0 unspecified atom stereocenters. The first kappa shape index (κ1) is 18.1. The zero-order valence-electron chi connectivity index (χ0n) is 13.7. The maximum Gasteiger partial charge on any atom is 0.307 e. The maximum atomic E-state index is 11.2. The Bertz CT molecular complexity index is 470. The van der Waals surface area contributed by atoms with Crippen molar-refractivity contribution in [2.75, 3.05) is 19.7 Å². The molecule has 0 amide bonds. The van der Waals surface area contributed by atoms with Crippen LogP contribution in [0.2, 0.25) is 5.02 Å². The van der Waals surface area contributed by atoms with Crippen molar-refractivity contribution in [2.45, 2.75) is 45.1 Å². The van der Waals surface area contributed by atoms with E-state index >= 15 is 0 Å². The van der Waals surface area contributed by atoms with E-state index in [1.165, 1.54) is 0 Å². The van der Waals surface area contributed by atoms with E-state index in [1.54, 1.807) is 0 Å². The smallest absolute Gasteiger partial charge is 0.307 e. The molecule has 1 fully saturated rings. The van der Waals surface area contributed by atoms with E-state index in [2.05, 4.69) is 5.32 Å². The van der Waals surface area contributed by atoms with Gasteiger partial charge in [0.1, 0.15) is 5.75 Å². The van der Waals surface area contributed by atoms with Crippen molar-refractivity contribution in [3.8, 4) is 5.75 Å². The minimum Gasteiger partial charge on any atom is -0.490 e. The molecule has 0 radical (unpaired) electrons. The summed E-state index contributed by atoms with van der Waals surface area (Å²) in [5.41, 5.74) is 0. The summed E-state index contributed by atoms with van der Waals surface area (Å²) < 4.78 is 10.9. The van der Waals surface area contributed by atoms with Gasteiger partial charge in [-0.2, -0.15) is 0 Å². The number of rotatable bonds is 8. The van der Waals surface area contributed by atoms with Crippen LogP contribution in [-0.2, 0) is 9.53 Å². The lowest BCUT2D eigenvalue weighted by atomic mass is 9.87. The molecule has 23 heavy (non-hydrogen) atoms. The lowest BCUT2D eigenvalue weighted by Gasteiger charge is -2.29. The first-order valence-electron chi connectivity index (χ1n) is 8.46. The molecule has 0 aromatic heterocycles. The molecule has 0 spiro atoms. The third-order valence-electron chi connectivity index (χ3n) is 4.15. The minimum atomic E-state index is -0.125. The molecule has 1 aromatic rings. The number of carbonyl (C=O) groups is 1. The fraction of sp³-hybridized carbons (Fsp3) is 0.611. The summed E-state index contributed by atoms with van der Waals surface area (Å²) in [6.45, 7) is 3.94. The molecule has 0 saturated heterocycles. The van der Waals surface area contributed by atoms with E-state index in [1.807, 2.05) is 31.2 Å². The van der Waals surface area contributed by atoms with Gasteiger partial charge in [-0.05, 0) is 69.3 Å². The number of hydrogen-bond donors (Lipinski definition) is 1. The fourth-order valence-corrected chi connectivity index (χ4v) is 3.02. The van der Waals surface area contributed by atoms with E-state index in [4.69, 9.17) is 21.1 Å². The van der Waals surface area contributed by atoms with Crippen LogP contribution in [0.4, 0.5) is 0 Å². The largest absolute Gasteiger partial charge is 0.490 e. The van der Waals surface area contributed by atoms with E-state index in [-0.39, 0.29) is 5.97 Å². The van der Waals surface area contributed by atoms with Gasteiger partial charge in [-0.3, -0.25) is 4.79 Å². The lowest BCUT2D eigenvalue weighted by Crippen LogP contribution is -2.31. The standard InChI is InChI=1S/C18H26ClNO3/c1-2-22-18(21)11-12-20-13-14-3-7-16(8-4-14)23-17-9-5-15(19)6-10-17/h5-6,9-10,14,16,20H,2-4,7-8,11-13H2,1H3/t14-,16-. The second-order valence-corrected chi connectivity index (χ2v) is 6.41. The van der Waals surface area contributed by atoms with Crippen molar-refractivity contribution >= 4 is 17.6 Å². The van der Waals surface area contributed by atoms with Crippen molar-refractivity contribution in [1.82, 2.24) is 5.32 Å². The molecule has 1 aliphatic rings. The highest BCUT2D eigenvalue weighted by atomic mass is 35.5. The molecule has 0 aliphatic heterocycles. The average molecular weight is 340 g/mol. The summed E-state index contributed by atoms with van der Waals surface area (Å²) in [5.74, 6) is 1.44. The molecule has 1 aliphatic carbocycles. The molecule has 2 rings (SSSR count). The zero-order chi connectivity index (χ0) is 16.5. The molecule has 128 valence electrons. The number of benzene rings is 1. The monoisotopic (exact) mass is 339 g/mol. The van der Waals surface area contributed by atoms with Gasteiger partial charge in [0.2, 0.25) is 0 Å². The number of ether oxygens (including phenoxy) is 2. The predicted octanol–water partition coefficient (Wildman–Crippen LogP) is 3.82. The Kier molecular flexibility index (Phi) is 7.69. The van der Waals surface area contributed by atoms with Crippen molar-refractivity contribution in [3.05, 3.63) is 29.3 Å². The van der Waals surface area contributed by atoms with Gasteiger partial charge in [0.15, 0.2) is 0 Å². The Morgan fingerprint density at radius 1 is 1.22 bits per heavy atom. The maximum absolute atomic E-state index is 11.2. The highest BCUT2D eigenvalue weighted by Crippen LogP contribution is 2.27. The van der Waals surface area contributed by atoms with Gasteiger partial charge in [0.25, 0.3) is 0 Å². The molecule has 0 bridgehead atoms. The van der Waals surface area contributed by atoms with E-state index in [9.17, 15) is 4.79 Å². The number of esters is 1. The van der Waals surface area contributed by atoms with Gasteiger partial charge in [0, 0.05) is 11.6 Å². The fourth-order valence-electron chi connectivity index (χ4n) is 2.89. The number of hydrogen-bond acceptors (Lipinski definition) is 4. The van der Waals surface area contributed by atoms with Crippen molar-refractivity contribution in [1.29, 1.82) is 0 Å². The molecule has 0 heterocycles. The second kappa shape index (κ2) is 9.78. The Labute approximate surface area is 143 Å². The second-order valence-electron chi connectivity index (χ2n) is 5.97. The first-order valence-corrected chi connectivity index (χ1v) is 8.83. The topological polar surface area (TPSA) is 47.6 Å². The molecule has 1 aromatic carbocycles. The van der Waals surface area contributed by atoms with Gasteiger partial charge in [-0.1, -0.05) is 11.6 Å². The highest BCUT2D eigenvalue weighted by Gasteiger charge is 2.22. The van der Waals surface area contributed by atoms with E-state index < -0.39 is 0 Å². The van der Waals surface area contributed by atoms with Crippen molar-refractivity contribution in [2.24, 2.45) is 5.92 Å². The van der Waals surface area contributed by atoms with E-state index in [0.29, 0.717) is 31.6 Å². The van der Waals surface area contributed by atoms with Crippen LogP contribution < -0.4 is 10.1 Å². The van der Waals surface area contributed by atoms with Gasteiger partial charge in [0.05, 0.1) is 19.1 Å². The van der Waals surface area contributed by atoms with Crippen LogP contribution in [0.25, 0.3) is 0 Å². The summed E-state index contributed by atoms with van der Waals surface area (Å²) in [7, 11) is 0. The molecular weight excluding hydrogens is 314 g/mol. The van der Waals surface area contributed by atoms with Gasteiger partial charge >= 0.3 is 5.97 Å². The molecule has 1 N–H and O–H groups in total. The van der Waals surface area contributed by atoms with Crippen molar-refractivity contribution in [3.63, 3.8) is 0 Å². The van der Waals surface area contributed by atoms with Crippen LogP contribution >= 0.6 is 11.6 Å². The number of halogens is 1. The number of carbonyl (C=O) groups excluding carboxylic acids is 1. The van der Waals surface area contributed by atoms with Gasteiger partial charge in [-0.25, -0.2) is 0 Å². The Hall–Kier alpha value is -1.26. The van der Waals surface area contributed by atoms with Crippen LogP contribution in [-0.4, -0.2) is 31.8 Å². The lowest BCUT2D eigenvalue weighted by molar-refractivity contribution is -0.142. The normalized spacial score (nSPS) is 21.0. The van der Waals surface area contributed by atoms with Crippen LogP contribution in [0.15, 0.2) is 24.3 Å². The molecule has 5 heteroatoms. The highest BCUT2D eigenvalue weighted by molar-refractivity contribution is 6.30. The third kappa shape index (κ3) is 6.80. The van der Waals surface area contributed by atoms with Gasteiger partial charge in [-0.15, -0.1) is 0 Å². The summed E-state index contributed by atoms with van der Waals surface area (Å²) >= 11 is 5.88. The third-order valence-corrected chi connectivity index (χ3v) is 4.41. The predicted molar refractivity (Wildman–Crippen MR) is 91.9 cm³/mol. The SMILES string of the molecule is CCOC(=O)CCNC[C@H]1CC[C@H](Oc2ccc(Cl)cc2)CC1. The van der Waals surface area contributed by atoms with Crippen LogP contribution in [0.5, 0.6) is 5.75 Å². The van der Waals surface area contributed by atoms with Crippen LogP contribution in [0.1, 0.15) is 39.0 Å². The van der Waals surface area contributed by atoms with Gasteiger partial charge < -0.3 is 14.8 Å². The average Bonchev–Trinajstić information content (AvgIpc) is 2.55. The first-order chi connectivity index (χ1) is 11.2. The molecular formula is C18H26ClNO3. The van der Waals surface area contributed by atoms with Crippen molar-refractivity contribution < 1.29 is 14.3 Å². The Balaban J connectivity index is 1.58. The summed E-state index contributed by atoms with van der Waals surface area (Å²) in [6, 6.07) is 7.56. The Morgan fingerprint density at radius 2 is 1.91 bits per heavy atom. The number of nitrogens with one attached hydrogen (secondary N) is 1. The molecule has 0 atom stereocenters. The summed E-state index contributed by atoms with van der Waals surface area (Å²) in [5, 5.41) is 4.09. The van der Waals surface area contributed by atoms with Crippen LogP contribution in [0.3, 0.4) is 0 Å². The van der Waals surface area contributed by atoms with Crippen LogP contribution in [0, 0.1) is 5.92 Å². The molecule has 4 nitrogen and oxygen atoms in total. The van der Waals surface area contributed by atoms with E-state index in [0.717, 1.165) is 43.0 Å². The zero-order valence-corrected chi connectivity index (χ0v) is 14.5. The minimum absolute atomic E-state index is 0.125. The molecule has 1 saturated carbocycles. The Morgan fingerprint density at radius 3 is 2.57 bits per heavy atom.